The summed E-state index contributed by atoms with van der Waals surface area (Å²) in [6, 6.07) is 4.61. The van der Waals surface area contributed by atoms with Crippen LogP contribution in [0.5, 0.6) is 0 Å². The lowest BCUT2D eigenvalue weighted by atomic mass is 10.0. The van der Waals surface area contributed by atoms with Gasteiger partial charge in [-0.2, -0.15) is 0 Å². The first-order valence-electron chi connectivity index (χ1n) is 5.90. The number of methoxy groups -OCH3 is 1. The number of thiophene rings is 1. The van der Waals surface area contributed by atoms with E-state index in [4.69, 9.17) is 0 Å². The lowest BCUT2D eigenvalue weighted by molar-refractivity contribution is -0.141. The highest BCUT2D eigenvalue weighted by atomic mass is 32.1. The van der Waals surface area contributed by atoms with Crippen molar-refractivity contribution in [1.82, 2.24) is 5.32 Å². The van der Waals surface area contributed by atoms with E-state index in [1.807, 2.05) is 6.92 Å². The number of rotatable bonds is 6. The van der Waals surface area contributed by atoms with Gasteiger partial charge in [0.05, 0.1) is 13.5 Å². The van der Waals surface area contributed by atoms with Gasteiger partial charge in [0.25, 0.3) is 0 Å². The maximum Gasteiger partial charge on any atom is 0.307 e. The summed E-state index contributed by atoms with van der Waals surface area (Å²) in [5.41, 5.74) is 0. The van der Waals surface area contributed by atoms with Crippen molar-refractivity contribution in [2.75, 3.05) is 7.11 Å². The highest BCUT2D eigenvalue weighted by molar-refractivity contribution is 7.10. The van der Waals surface area contributed by atoms with E-state index in [2.05, 4.69) is 41.4 Å². The fourth-order valence-corrected chi connectivity index (χ4v) is 2.73. The molecule has 96 valence electrons. The average molecular weight is 255 g/mol. The molecule has 0 aliphatic carbocycles. The van der Waals surface area contributed by atoms with Crippen LogP contribution in [0.4, 0.5) is 0 Å². The molecule has 1 aromatic heterocycles. The summed E-state index contributed by atoms with van der Waals surface area (Å²) in [6.07, 6.45) is 0.408. The van der Waals surface area contributed by atoms with Crippen LogP contribution in [0, 0.1) is 5.92 Å². The Hall–Kier alpha value is -0.870. The van der Waals surface area contributed by atoms with Crippen molar-refractivity contribution < 1.29 is 9.53 Å². The first-order chi connectivity index (χ1) is 8.04. The van der Waals surface area contributed by atoms with Gasteiger partial charge in [0.15, 0.2) is 0 Å². The molecule has 0 spiro atoms. The van der Waals surface area contributed by atoms with E-state index in [1.54, 1.807) is 11.3 Å². The number of hydrogen-bond acceptors (Lipinski definition) is 4. The molecule has 0 saturated heterocycles. The van der Waals surface area contributed by atoms with Crippen LogP contribution < -0.4 is 5.32 Å². The second-order valence-corrected chi connectivity index (χ2v) is 5.56. The molecular formula is C13H21NO2S. The predicted molar refractivity (Wildman–Crippen MR) is 71.1 cm³/mol. The molecule has 0 amide bonds. The topological polar surface area (TPSA) is 38.3 Å². The zero-order valence-corrected chi connectivity index (χ0v) is 11.7. The van der Waals surface area contributed by atoms with Crippen molar-refractivity contribution in [3.63, 3.8) is 0 Å². The molecule has 1 N–H and O–H groups in total. The highest BCUT2D eigenvalue weighted by Gasteiger charge is 2.20. The van der Waals surface area contributed by atoms with E-state index in [9.17, 15) is 4.79 Å². The summed E-state index contributed by atoms with van der Waals surface area (Å²) in [7, 11) is 1.42. The molecule has 17 heavy (non-hydrogen) atoms. The van der Waals surface area contributed by atoms with Crippen LogP contribution >= 0.6 is 11.3 Å². The summed E-state index contributed by atoms with van der Waals surface area (Å²) >= 11 is 1.75. The van der Waals surface area contributed by atoms with Crippen LogP contribution in [0.2, 0.25) is 0 Å². The van der Waals surface area contributed by atoms with Gasteiger partial charge in [-0.15, -0.1) is 11.3 Å². The van der Waals surface area contributed by atoms with Gasteiger partial charge in [0, 0.05) is 17.0 Å². The zero-order chi connectivity index (χ0) is 12.8. The number of ether oxygens (including phenoxy) is 1. The van der Waals surface area contributed by atoms with E-state index in [-0.39, 0.29) is 12.0 Å². The van der Waals surface area contributed by atoms with E-state index in [0.717, 1.165) is 0 Å². The quantitative estimate of drug-likeness (QED) is 0.794. The average Bonchev–Trinajstić information content (AvgIpc) is 2.78. The van der Waals surface area contributed by atoms with Gasteiger partial charge in [-0.05, 0) is 24.3 Å². The Balaban J connectivity index is 2.59. The minimum absolute atomic E-state index is 0.122. The molecule has 1 aromatic rings. The molecule has 0 aliphatic rings. The van der Waals surface area contributed by atoms with E-state index >= 15 is 0 Å². The van der Waals surface area contributed by atoms with Crippen molar-refractivity contribution in [2.24, 2.45) is 5.92 Å². The lowest BCUT2D eigenvalue weighted by Crippen LogP contribution is -2.34. The molecule has 0 bridgehead atoms. The first kappa shape index (κ1) is 14.2. The number of carbonyl (C=O) groups is 1. The van der Waals surface area contributed by atoms with Crippen LogP contribution in [-0.2, 0) is 9.53 Å². The summed E-state index contributed by atoms with van der Waals surface area (Å²) in [5, 5.41) is 5.57. The third kappa shape index (κ3) is 4.48. The first-order valence-corrected chi connectivity index (χ1v) is 6.78. The summed E-state index contributed by atoms with van der Waals surface area (Å²) in [6.45, 7) is 6.38. The lowest BCUT2D eigenvalue weighted by Gasteiger charge is -2.25. The van der Waals surface area contributed by atoms with Crippen LogP contribution in [0.25, 0.3) is 0 Å². The summed E-state index contributed by atoms with van der Waals surface area (Å²) < 4.78 is 4.68. The van der Waals surface area contributed by atoms with E-state index in [0.29, 0.717) is 18.4 Å². The Kier molecular flexibility index (Phi) is 5.65. The molecule has 1 rings (SSSR count). The van der Waals surface area contributed by atoms with Crippen LogP contribution in [0.3, 0.4) is 0 Å². The van der Waals surface area contributed by atoms with Gasteiger partial charge in [-0.3, -0.25) is 4.79 Å². The fourth-order valence-electron chi connectivity index (χ4n) is 1.77. The molecule has 3 nitrogen and oxygen atoms in total. The Bertz CT molecular complexity index is 335. The van der Waals surface area contributed by atoms with Crippen molar-refractivity contribution >= 4 is 17.3 Å². The third-order valence-electron chi connectivity index (χ3n) is 2.68. The summed E-state index contributed by atoms with van der Waals surface area (Å²) in [4.78, 5) is 12.5. The molecule has 0 aliphatic heterocycles. The van der Waals surface area contributed by atoms with Gasteiger partial charge in [0.2, 0.25) is 0 Å². The second-order valence-electron chi connectivity index (χ2n) is 4.59. The molecule has 0 aromatic carbocycles. The smallest absolute Gasteiger partial charge is 0.307 e. The fraction of sp³-hybridized carbons (Fsp3) is 0.615. The van der Waals surface area contributed by atoms with E-state index in [1.165, 1.54) is 12.0 Å². The van der Waals surface area contributed by atoms with Gasteiger partial charge in [-0.1, -0.05) is 19.9 Å². The van der Waals surface area contributed by atoms with Crippen LogP contribution in [0.1, 0.15) is 38.1 Å². The largest absolute Gasteiger partial charge is 0.469 e. The second kappa shape index (κ2) is 6.77. The SMILES string of the molecule is COC(=O)CC(C)NC(c1cccs1)C(C)C. The van der Waals surface area contributed by atoms with Crippen molar-refractivity contribution in [2.45, 2.75) is 39.3 Å². The van der Waals surface area contributed by atoms with Gasteiger partial charge < -0.3 is 10.1 Å². The Morgan fingerprint density at radius 1 is 1.47 bits per heavy atom. The zero-order valence-electron chi connectivity index (χ0n) is 10.9. The molecule has 0 radical (unpaired) electrons. The van der Waals surface area contributed by atoms with Crippen LogP contribution in [0.15, 0.2) is 17.5 Å². The molecule has 4 heteroatoms. The highest BCUT2D eigenvalue weighted by Crippen LogP contribution is 2.26. The van der Waals surface area contributed by atoms with Crippen molar-refractivity contribution in [3.05, 3.63) is 22.4 Å². The predicted octanol–water partition coefficient (Wildman–Crippen LogP) is 2.99. The van der Waals surface area contributed by atoms with Crippen LogP contribution in [-0.4, -0.2) is 19.1 Å². The molecule has 1 heterocycles. The minimum atomic E-state index is -0.168. The summed E-state index contributed by atoms with van der Waals surface area (Å²) in [5.74, 6) is 0.326. The Morgan fingerprint density at radius 2 is 2.18 bits per heavy atom. The number of carbonyl (C=O) groups excluding carboxylic acids is 1. The van der Waals surface area contributed by atoms with Gasteiger partial charge >= 0.3 is 5.97 Å². The molecule has 2 atom stereocenters. The molecule has 0 fully saturated rings. The van der Waals surface area contributed by atoms with E-state index < -0.39 is 0 Å². The van der Waals surface area contributed by atoms with Crippen molar-refractivity contribution in [1.29, 1.82) is 0 Å². The Morgan fingerprint density at radius 3 is 2.65 bits per heavy atom. The number of hydrogen-bond donors (Lipinski definition) is 1. The standard InChI is InChI=1S/C13H21NO2S/c1-9(2)13(11-6-5-7-17-11)14-10(3)8-12(15)16-4/h5-7,9-10,13-14H,8H2,1-4H3. The van der Waals surface area contributed by atoms with Gasteiger partial charge in [0.1, 0.15) is 0 Å². The third-order valence-corrected chi connectivity index (χ3v) is 3.64. The minimum Gasteiger partial charge on any atom is -0.469 e. The van der Waals surface area contributed by atoms with Gasteiger partial charge in [-0.25, -0.2) is 0 Å². The normalized spacial score (nSPS) is 14.6. The Labute approximate surface area is 107 Å². The maximum atomic E-state index is 11.2. The van der Waals surface area contributed by atoms with Crippen molar-refractivity contribution in [3.8, 4) is 0 Å². The number of esters is 1. The molecule has 2 unspecified atom stereocenters. The maximum absolute atomic E-state index is 11.2. The molecular weight excluding hydrogens is 234 g/mol. The monoisotopic (exact) mass is 255 g/mol. The molecule has 0 saturated carbocycles. The number of nitrogens with one attached hydrogen (secondary N) is 1.